The minimum Gasteiger partial charge on any atom is -0.290 e. The number of hydrogen-bond acceptors (Lipinski definition) is 3. The Kier molecular flexibility index (Phi) is 4.36. The van der Waals surface area contributed by atoms with E-state index in [-0.39, 0.29) is 11.9 Å². The number of carbonyl (C=O) groups is 1. The molecule has 6 heteroatoms. The minimum atomic E-state index is -0.241. The third kappa shape index (κ3) is 3.42. The highest BCUT2D eigenvalue weighted by molar-refractivity contribution is 14.1. The number of aryl methyl sites for hydroxylation is 2. The fraction of sp³-hybridized carbons (Fsp3) is 0.154. The van der Waals surface area contributed by atoms with Gasteiger partial charge in [-0.25, -0.2) is 9.97 Å². The first-order valence-electron chi connectivity index (χ1n) is 5.55. The normalized spacial score (nSPS) is 10.3. The molecule has 98 valence electrons. The summed E-state index contributed by atoms with van der Waals surface area (Å²) in [5, 5.41) is 2.96. The highest BCUT2D eigenvalue weighted by atomic mass is 127. The molecule has 0 bridgehead atoms. The number of rotatable bonds is 2. The van der Waals surface area contributed by atoms with Crippen LogP contribution in [0.3, 0.4) is 0 Å². The van der Waals surface area contributed by atoms with Crippen molar-refractivity contribution in [1.82, 2.24) is 9.97 Å². The molecule has 0 fully saturated rings. The number of nitrogens with one attached hydrogen (secondary N) is 1. The molecule has 0 spiro atoms. The van der Waals surface area contributed by atoms with Gasteiger partial charge in [0.25, 0.3) is 5.91 Å². The molecule has 0 saturated heterocycles. The number of halogens is 2. The molecule has 0 saturated carbocycles. The molecular weight excluding hydrogens is 377 g/mol. The molecule has 1 heterocycles. The van der Waals surface area contributed by atoms with E-state index in [4.69, 9.17) is 11.6 Å². The maximum atomic E-state index is 12.2. The van der Waals surface area contributed by atoms with Crippen molar-refractivity contribution < 1.29 is 4.79 Å². The van der Waals surface area contributed by atoms with Crippen LogP contribution in [0.15, 0.2) is 24.3 Å². The van der Waals surface area contributed by atoms with E-state index >= 15 is 0 Å². The zero-order valence-corrected chi connectivity index (χ0v) is 13.3. The topological polar surface area (TPSA) is 54.9 Å². The number of carbonyl (C=O) groups excluding carboxylic acids is 1. The van der Waals surface area contributed by atoms with Crippen LogP contribution in [0.1, 0.15) is 21.6 Å². The molecule has 2 rings (SSSR count). The van der Waals surface area contributed by atoms with Crippen molar-refractivity contribution in [3.8, 4) is 0 Å². The van der Waals surface area contributed by atoms with Crippen molar-refractivity contribution in [3.63, 3.8) is 0 Å². The fourth-order valence-electron chi connectivity index (χ4n) is 1.58. The number of aromatic nitrogens is 2. The fourth-order valence-corrected chi connectivity index (χ4v) is 2.42. The lowest BCUT2D eigenvalue weighted by atomic mass is 10.1. The summed E-state index contributed by atoms with van der Waals surface area (Å²) in [5.74, 6) is -0.0259. The molecule has 0 radical (unpaired) electrons. The summed E-state index contributed by atoms with van der Waals surface area (Å²) >= 11 is 7.98. The van der Waals surface area contributed by atoms with Crippen LogP contribution in [0.25, 0.3) is 0 Å². The van der Waals surface area contributed by atoms with Crippen LogP contribution in [0.5, 0.6) is 0 Å². The monoisotopic (exact) mass is 387 g/mol. The van der Waals surface area contributed by atoms with Crippen molar-refractivity contribution in [1.29, 1.82) is 0 Å². The van der Waals surface area contributed by atoms with Crippen LogP contribution < -0.4 is 5.32 Å². The van der Waals surface area contributed by atoms with Gasteiger partial charge in [-0.05, 0) is 54.1 Å². The Morgan fingerprint density at radius 2 is 2.05 bits per heavy atom. The number of anilines is 1. The van der Waals surface area contributed by atoms with Gasteiger partial charge >= 0.3 is 0 Å². The van der Waals surface area contributed by atoms with E-state index in [9.17, 15) is 4.79 Å². The van der Waals surface area contributed by atoms with Gasteiger partial charge in [0.2, 0.25) is 5.95 Å². The summed E-state index contributed by atoms with van der Waals surface area (Å²) in [5.41, 5.74) is 2.35. The lowest BCUT2D eigenvalue weighted by Gasteiger charge is -2.08. The number of amides is 1. The molecule has 4 nitrogen and oxygen atoms in total. The predicted octanol–water partition coefficient (Wildman–Crippen LogP) is 3.60. The second-order valence-electron chi connectivity index (χ2n) is 4.05. The minimum absolute atomic E-state index is 0.215. The number of nitrogens with zero attached hydrogens (tertiary/aromatic N) is 2. The Balaban J connectivity index is 2.28. The number of hydrogen-bond donors (Lipinski definition) is 1. The average molecular weight is 388 g/mol. The van der Waals surface area contributed by atoms with E-state index in [1.807, 2.05) is 19.1 Å². The average Bonchev–Trinajstić information content (AvgIpc) is 2.31. The van der Waals surface area contributed by atoms with Crippen molar-refractivity contribution in [2.24, 2.45) is 0 Å². The molecule has 0 aliphatic heterocycles. The maximum Gasteiger partial charge on any atom is 0.259 e. The first-order chi connectivity index (χ1) is 8.97. The Labute approximate surface area is 129 Å². The SMILES string of the molecule is Cc1cc(Cl)nc(NC(=O)c2cccc(C)c2I)n1. The number of benzene rings is 1. The van der Waals surface area contributed by atoms with Crippen molar-refractivity contribution >= 4 is 46.0 Å². The maximum absolute atomic E-state index is 12.2. The molecule has 1 N–H and O–H groups in total. The third-order valence-corrected chi connectivity index (χ3v) is 4.11. The van der Waals surface area contributed by atoms with Gasteiger partial charge in [0, 0.05) is 9.26 Å². The molecule has 0 aliphatic rings. The molecular formula is C13H11ClIN3O. The van der Waals surface area contributed by atoms with Gasteiger partial charge < -0.3 is 0 Å². The van der Waals surface area contributed by atoms with E-state index < -0.39 is 0 Å². The van der Waals surface area contributed by atoms with Crippen LogP contribution in [0, 0.1) is 17.4 Å². The van der Waals surface area contributed by atoms with Crippen LogP contribution in [0.4, 0.5) is 5.95 Å². The quantitative estimate of drug-likeness (QED) is 0.633. The van der Waals surface area contributed by atoms with Crippen molar-refractivity contribution in [2.45, 2.75) is 13.8 Å². The summed E-state index contributed by atoms with van der Waals surface area (Å²) in [6, 6.07) is 7.20. The van der Waals surface area contributed by atoms with E-state index in [1.165, 1.54) is 0 Å². The standard InChI is InChI=1S/C13H11ClIN3O/c1-7-4-3-5-9(11(7)15)12(19)18-13-16-8(2)6-10(14)17-13/h3-6H,1-2H3,(H,16,17,18,19). The van der Waals surface area contributed by atoms with Gasteiger partial charge in [-0.3, -0.25) is 10.1 Å². The third-order valence-electron chi connectivity index (χ3n) is 2.48. The molecule has 1 aromatic carbocycles. The van der Waals surface area contributed by atoms with E-state index in [2.05, 4.69) is 37.9 Å². The summed E-state index contributed by atoms with van der Waals surface area (Å²) in [6.45, 7) is 3.75. The summed E-state index contributed by atoms with van der Waals surface area (Å²) in [7, 11) is 0. The van der Waals surface area contributed by atoms with Crippen LogP contribution in [0.2, 0.25) is 5.15 Å². The Morgan fingerprint density at radius 1 is 1.32 bits per heavy atom. The van der Waals surface area contributed by atoms with Crippen molar-refractivity contribution in [2.75, 3.05) is 5.32 Å². The highest BCUT2D eigenvalue weighted by Gasteiger charge is 2.13. The highest BCUT2D eigenvalue weighted by Crippen LogP contribution is 2.18. The van der Waals surface area contributed by atoms with Crippen molar-refractivity contribution in [3.05, 3.63) is 49.8 Å². The zero-order chi connectivity index (χ0) is 14.0. The summed E-state index contributed by atoms with van der Waals surface area (Å²) in [4.78, 5) is 20.3. The molecule has 1 amide bonds. The van der Waals surface area contributed by atoms with Crippen LogP contribution in [-0.4, -0.2) is 15.9 Å². The van der Waals surface area contributed by atoms with Gasteiger partial charge in [0.15, 0.2) is 0 Å². The van der Waals surface area contributed by atoms with Crippen LogP contribution >= 0.6 is 34.2 Å². The van der Waals surface area contributed by atoms with Crippen LogP contribution in [-0.2, 0) is 0 Å². The second-order valence-corrected chi connectivity index (χ2v) is 5.51. The lowest BCUT2D eigenvalue weighted by molar-refractivity contribution is 0.102. The lowest BCUT2D eigenvalue weighted by Crippen LogP contribution is -2.16. The second kappa shape index (κ2) is 5.83. The Bertz CT molecular complexity index is 626. The Morgan fingerprint density at radius 3 is 2.74 bits per heavy atom. The predicted molar refractivity (Wildman–Crippen MR) is 83.6 cm³/mol. The van der Waals surface area contributed by atoms with Gasteiger partial charge in [0.05, 0.1) is 5.56 Å². The van der Waals surface area contributed by atoms with Gasteiger partial charge in [-0.15, -0.1) is 0 Å². The molecule has 0 aliphatic carbocycles. The smallest absolute Gasteiger partial charge is 0.259 e. The van der Waals surface area contributed by atoms with E-state index in [0.29, 0.717) is 16.4 Å². The molecule has 1 aromatic heterocycles. The van der Waals surface area contributed by atoms with E-state index in [1.54, 1.807) is 19.1 Å². The summed E-state index contributed by atoms with van der Waals surface area (Å²) in [6.07, 6.45) is 0. The van der Waals surface area contributed by atoms with Gasteiger partial charge in [-0.2, -0.15) is 0 Å². The van der Waals surface area contributed by atoms with E-state index in [0.717, 1.165) is 9.13 Å². The molecule has 19 heavy (non-hydrogen) atoms. The largest absolute Gasteiger partial charge is 0.290 e. The zero-order valence-electron chi connectivity index (χ0n) is 10.4. The first kappa shape index (κ1) is 14.2. The molecule has 0 atom stereocenters. The van der Waals surface area contributed by atoms with Gasteiger partial charge in [0.1, 0.15) is 5.15 Å². The van der Waals surface area contributed by atoms with Gasteiger partial charge in [-0.1, -0.05) is 23.7 Å². The molecule has 2 aromatic rings. The summed E-state index contributed by atoms with van der Waals surface area (Å²) < 4.78 is 0.913. The first-order valence-corrected chi connectivity index (χ1v) is 7.00. The Hall–Kier alpha value is -1.21. The molecule has 0 unspecified atom stereocenters.